The number of hydrogen-bond acceptors (Lipinski definition) is 10. The summed E-state index contributed by atoms with van der Waals surface area (Å²) in [5, 5.41) is 14.9. The number of carbonyl (C=O) groups is 2. The summed E-state index contributed by atoms with van der Waals surface area (Å²) in [6.45, 7) is 8.84. The molecule has 12 nitrogen and oxygen atoms in total. The van der Waals surface area contributed by atoms with Crippen molar-refractivity contribution in [1.29, 1.82) is 0 Å². The number of nitrogens with zero attached hydrogens (tertiary/aromatic N) is 5. The van der Waals surface area contributed by atoms with Crippen molar-refractivity contribution in [2.24, 2.45) is 5.92 Å². The van der Waals surface area contributed by atoms with Gasteiger partial charge in [0.1, 0.15) is 23.5 Å². The third kappa shape index (κ3) is 11.0. The summed E-state index contributed by atoms with van der Waals surface area (Å²) in [4.78, 5) is 39.8. The molecule has 3 rings (SSSR count). The molecule has 44 heavy (non-hydrogen) atoms. The van der Waals surface area contributed by atoms with Gasteiger partial charge in [-0.25, -0.2) is 14.8 Å². The number of likely N-dealkylation sites (tertiary alicyclic amines) is 1. The van der Waals surface area contributed by atoms with Gasteiger partial charge in [0, 0.05) is 65.2 Å². The topological polar surface area (TPSA) is 130 Å². The van der Waals surface area contributed by atoms with Crippen molar-refractivity contribution >= 4 is 17.8 Å². The highest BCUT2D eigenvalue weighted by Gasteiger charge is 2.42. The Labute approximate surface area is 257 Å². The Morgan fingerprint density at radius 1 is 1.18 bits per heavy atom. The summed E-state index contributed by atoms with van der Waals surface area (Å²) in [6, 6.07) is -0.806. The lowest BCUT2D eigenvalue weighted by atomic mass is 9.91. The second-order valence-electron chi connectivity index (χ2n) is 12.2. The monoisotopic (exact) mass is 632 g/mol. The fraction of sp³-hybridized carbons (Fsp3) is 0.793. The second kappa shape index (κ2) is 16.0. The molecule has 2 amide bonds. The molecule has 1 unspecified atom stereocenters. The highest BCUT2D eigenvalue weighted by atomic mass is 19.4. The maximum absolute atomic E-state index is 13.6. The molecule has 1 aromatic heterocycles. The van der Waals surface area contributed by atoms with Gasteiger partial charge in [-0.3, -0.25) is 9.69 Å². The lowest BCUT2D eigenvalue weighted by Gasteiger charge is -2.45. The van der Waals surface area contributed by atoms with Gasteiger partial charge in [-0.05, 0) is 47.0 Å². The lowest BCUT2D eigenvalue weighted by molar-refractivity contribution is -0.153. The van der Waals surface area contributed by atoms with Gasteiger partial charge in [0.05, 0.1) is 31.1 Å². The Balaban J connectivity index is 1.94. The summed E-state index contributed by atoms with van der Waals surface area (Å²) < 4.78 is 56.8. The zero-order chi connectivity index (χ0) is 32.5. The van der Waals surface area contributed by atoms with Crippen LogP contribution in [-0.2, 0) is 19.0 Å². The Morgan fingerprint density at radius 2 is 1.89 bits per heavy atom. The van der Waals surface area contributed by atoms with Crippen LogP contribution in [0.3, 0.4) is 0 Å². The third-order valence-corrected chi connectivity index (χ3v) is 7.47. The fourth-order valence-corrected chi connectivity index (χ4v) is 5.34. The van der Waals surface area contributed by atoms with E-state index in [9.17, 15) is 27.9 Å². The normalized spacial score (nSPS) is 20.5. The van der Waals surface area contributed by atoms with Crippen LogP contribution in [0.5, 0.6) is 0 Å². The maximum atomic E-state index is 13.6. The smallest absolute Gasteiger partial charge is 0.410 e. The summed E-state index contributed by atoms with van der Waals surface area (Å²) in [5.41, 5.74) is -0.623. The van der Waals surface area contributed by atoms with Crippen LogP contribution >= 0.6 is 0 Å². The molecule has 15 heteroatoms. The number of morpholine rings is 1. The number of methoxy groups -OCH3 is 1. The number of alkyl halides is 3. The van der Waals surface area contributed by atoms with E-state index in [1.807, 2.05) is 0 Å². The molecule has 2 N–H and O–H groups in total. The van der Waals surface area contributed by atoms with Crippen molar-refractivity contribution in [3.8, 4) is 0 Å². The molecule has 0 spiro atoms. The summed E-state index contributed by atoms with van der Waals surface area (Å²) in [5.74, 6) is -0.200. The average molecular weight is 633 g/mol. The first kappa shape index (κ1) is 35.7. The van der Waals surface area contributed by atoms with Gasteiger partial charge >= 0.3 is 12.3 Å². The predicted molar refractivity (Wildman–Crippen MR) is 156 cm³/mol. The minimum Gasteiger partial charge on any atom is -0.444 e. The van der Waals surface area contributed by atoms with Crippen molar-refractivity contribution < 1.29 is 42.1 Å². The Bertz CT molecular complexity index is 1080. The molecular weight excluding hydrogens is 585 g/mol. The molecule has 0 radical (unpaired) electrons. The van der Waals surface area contributed by atoms with E-state index in [1.165, 1.54) is 16.0 Å². The molecule has 2 saturated heterocycles. The average Bonchev–Trinajstić information content (AvgIpc) is 2.95. The number of carbonyl (C=O) groups excluding carboxylic acids is 2. The van der Waals surface area contributed by atoms with Crippen LogP contribution in [-0.4, -0.2) is 126 Å². The molecule has 3 heterocycles. The number of hydrogen-bond donors (Lipinski definition) is 2. The van der Waals surface area contributed by atoms with E-state index in [1.54, 1.807) is 39.7 Å². The lowest BCUT2D eigenvalue weighted by Crippen LogP contribution is -2.58. The van der Waals surface area contributed by atoms with Crippen LogP contribution in [0.2, 0.25) is 0 Å². The largest absolute Gasteiger partial charge is 0.444 e. The van der Waals surface area contributed by atoms with E-state index in [0.717, 1.165) is 12.8 Å². The number of piperidine rings is 1. The number of aliphatic hydroxyl groups excluding tert-OH is 1. The van der Waals surface area contributed by atoms with Crippen molar-refractivity contribution in [3.63, 3.8) is 0 Å². The number of aryl methyl sites for hydroxylation is 1. The molecule has 1 aromatic rings. The van der Waals surface area contributed by atoms with E-state index in [0.29, 0.717) is 51.1 Å². The van der Waals surface area contributed by atoms with Crippen molar-refractivity contribution in [3.05, 3.63) is 17.6 Å². The fourth-order valence-electron chi connectivity index (χ4n) is 5.34. The van der Waals surface area contributed by atoms with Crippen molar-refractivity contribution in [2.45, 2.75) is 77.4 Å². The minimum atomic E-state index is -4.51. The molecule has 2 fully saturated rings. The standard InChI is InChI=1S/C29H47F3N6O6/c1-20-34-17-23(24(35-20)33-9-6-7-13-42-5)26(40)38(10-8-29(30,31)32)22-16-21(25(39)36-11-14-43-15-12-36)18-37(19-22)27(41)44-28(2,3)4/h17,21-22,26,40H,6-16,18-19H2,1-5H3,(H,33,34,35)/t21-,22+,26?/m1/s1. The molecule has 2 aliphatic rings. The zero-order valence-corrected chi connectivity index (χ0v) is 26.4. The highest BCUT2D eigenvalue weighted by molar-refractivity contribution is 5.80. The van der Waals surface area contributed by atoms with Gasteiger partial charge < -0.3 is 34.4 Å². The zero-order valence-electron chi connectivity index (χ0n) is 26.4. The molecule has 250 valence electrons. The van der Waals surface area contributed by atoms with Crippen LogP contribution in [0.4, 0.5) is 23.8 Å². The Hall–Kier alpha value is -2.75. The number of unbranched alkanes of at least 4 members (excludes halogenated alkanes) is 1. The van der Waals surface area contributed by atoms with E-state index >= 15 is 0 Å². The number of amides is 2. The van der Waals surface area contributed by atoms with E-state index in [4.69, 9.17) is 14.2 Å². The number of halogens is 3. The third-order valence-electron chi connectivity index (χ3n) is 7.47. The van der Waals surface area contributed by atoms with Crippen molar-refractivity contribution in [2.75, 3.05) is 71.5 Å². The van der Waals surface area contributed by atoms with Gasteiger partial charge in [-0.1, -0.05) is 0 Å². The van der Waals surface area contributed by atoms with Gasteiger partial charge in [-0.2, -0.15) is 13.2 Å². The van der Waals surface area contributed by atoms with Crippen LogP contribution in [0, 0.1) is 12.8 Å². The summed E-state index contributed by atoms with van der Waals surface area (Å²) in [7, 11) is 1.61. The quantitative estimate of drug-likeness (QED) is 0.262. The molecule has 0 bridgehead atoms. The molecule has 0 aliphatic carbocycles. The number of ether oxygens (including phenoxy) is 3. The van der Waals surface area contributed by atoms with E-state index < -0.39 is 49.0 Å². The molecular formula is C29H47F3N6O6. The number of rotatable bonds is 12. The minimum absolute atomic E-state index is 0.0385. The van der Waals surface area contributed by atoms with E-state index in [-0.39, 0.29) is 31.0 Å². The predicted octanol–water partition coefficient (Wildman–Crippen LogP) is 3.35. The van der Waals surface area contributed by atoms with E-state index in [2.05, 4.69) is 15.3 Å². The van der Waals surface area contributed by atoms with Crippen LogP contribution in [0.25, 0.3) is 0 Å². The highest BCUT2D eigenvalue weighted by Crippen LogP contribution is 2.33. The van der Waals surface area contributed by atoms with Crippen LogP contribution < -0.4 is 5.32 Å². The summed E-state index contributed by atoms with van der Waals surface area (Å²) in [6.07, 6.45) is -4.89. The number of anilines is 1. The van der Waals surface area contributed by atoms with Gasteiger partial charge in [0.15, 0.2) is 0 Å². The second-order valence-corrected chi connectivity index (χ2v) is 12.2. The van der Waals surface area contributed by atoms with Crippen LogP contribution in [0.15, 0.2) is 6.20 Å². The molecule has 3 atom stereocenters. The number of aliphatic hydroxyl groups is 1. The Morgan fingerprint density at radius 3 is 2.52 bits per heavy atom. The number of aromatic nitrogens is 2. The van der Waals surface area contributed by atoms with Gasteiger partial charge in [-0.15, -0.1) is 0 Å². The van der Waals surface area contributed by atoms with Crippen LogP contribution in [0.1, 0.15) is 64.1 Å². The summed E-state index contributed by atoms with van der Waals surface area (Å²) >= 11 is 0. The number of nitrogens with one attached hydrogen (secondary N) is 1. The van der Waals surface area contributed by atoms with Gasteiger partial charge in [0.25, 0.3) is 0 Å². The molecule has 2 aliphatic heterocycles. The molecule has 0 saturated carbocycles. The Kier molecular flexibility index (Phi) is 13.0. The first-order valence-electron chi connectivity index (χ1n) is 15.1. The maximum Gasteiger partial charge on any atom is 0.410 e. The van der Waals surface area contributed by atoms with Crippen molar-refractivity contribution in [1.82, 2.24) is 24.7 Å². The first-order valence-corrected chi connectivity index (χ1v) is 15.1. The first-order chi connectivity index (χ1) is 20.7. The SMILES string of the molecule is COCCCCNc1nc(C)ncc1C(O)N(CCC(F)(F)F)[C@H]1C[C@@H](C(=O)N2CCOCC2)CN(C(=O)OC(C)(C)C)C1. The molecule has 0 aromatic carbocycles. The van der Waals surface area contributed by atoms with Gasteiger partial charge in [0.2, 0.25) is 5.91 Å².